The lowest BCUT2D eigenvalue weighted by Gasteiger charge is -2.18. The van der Waals surface area contributed by atoms with E-state index in [1.807, 2.05) is 13.0 Å². The normalized spacial score (nSPS) is 12.2. The van der Waals surface area contributed by atoms with E-state index in [0.29, 0.717) is 6.61 Å². The molecule has 0 spiro atoms. The maximum atomic E-state index is 6.42. The van der Waals surface area contributed by atoms with Crippen LogP contribution in [0.3, 0.4) is 0 Å². The third kappa shape index (κ3) is 3.40. The summed E-state index contributed by atoms with van der Waals surface area (Å²) >= 11 is 0. The summed E-state index contributed by atoms with van der Waals surface area (Å²) in [5, 5.41) is 0. The molecule has 0 aromatic heterocycles. The van der Waals surface area contributed by atoms with Crippen LogP contribution in [0, 0.1) is 13.8 Å². The van der Waals surface area contributed by atoms with Crippen LogP contribution in [0.2, 0.25) is 0 Å². The minimum absolute atomic E-state index is 0.0439. The zero-order valence-electron chi connectivity index (χ0n) is 12.5. The molecule has 2 N–H and O–H groups in total. The molecule has 0 saturated carbocycles. The highest BCUT2D eigenvalue weighted by atomic mass is 16.5. The monoisotopic (exact) mass is 269 g/mol. The van der Waals surface area contributed by atoms with Crippen molar-refractivity contribution >= 4 is 0 Å². The van der Waals surface area contributed by atoms with Gasteiger partial charge in [0.1, 0.15) is 5.75 Å². The average molecular weight is 269 g/mol. The predicted molar refractivity (Wildman–Crippen MR) is 84.2 cm³/mol. The van der Waals surface area contributed by atoms with E-state index in [2.05, 4.69) is 50.2 Å². The van der Waals surface area contributed by atoms with Gasteiger partial charge in [-0.25, -0.2) is 0 Å². The summed E-state index contributed by atoms with van der Waals surface area (Å²) in [6, 6.07) is 14.6. The van der Waals surface area contributed by atoms with Gasteiger partial charge in [-0.2, -0.15) is 0 Å². The molecule has 2 rings (SSSR count). The molecule has 2 aromatic rings. The summed E-state index contributed by atoms with van der Waals surface area (Å²) in [6.45, 7) is 6.87. The Kier molecular flexibility index (Phi) is 4.80. The van der Waals surface area contributed by atoms with Crippen LogP contribution in [-0.2, 0) is 6.42 Å². The van der Waals surface area contributed by atoms with E-state index in [9.17, 15) is 0 Å². The van der Waals surface area contributed by atoms with Crippen molar-refractivity contribution in [1.82, 2.24) is 0 Å². The Morgan fingerprint density at radius 3 is 2.55 bits per heavy atom. The Morgan fingerprint density at radius 1 is 1.10 bits per heavy atom. The topological polar surface area (TPSA) is 35.2 Å². The maximum Gasteiger partial charge on any atom is 0.124 e. The van der Waals surface area contributed by atoms with Crippen molar-refractivity contribution in [2.75, 3.05) is 6.61 Å². The van der Waals surface area contributed by atoms with Crippen molar-refractivity contribution in [2.24, 2.45) is 5.73 Å². The first-order chi connectivity index (χ1) is 9.61. The van der Waals surface area contributed by atoms with E-state index in [-0.39, 0.29) is 6.04 Å². The first-order valence-corrected chi connectivity index (χ1v) is 7.15. The fourth-order valence-corrected chi connectivity index (χ4v) is 2.43. The number of hydrogen-bond donors (Lipinski definition) is 1. The van der Waals surface area contributed by atoms with Crippen molar-refractivity contribution in [3.63, 3.8) is 0 Å². The van der Waals surface area contributed by atoms with Crippen LogP contribution >= 0.6 is 0 Å². The van der Waals surface area contributed by atoms with Crippen LogP contribution in [-0.4, -0.2) is 6.61 Å². The standard InChI is InChI=1S/C18H23NO/c1-4-20-18-10-9-13(2)11-16(18)17(19)12-15-8-6-5-7-14(15)3/h5-11,17H,4,12,19H2,1-3H3. The van der Waals surface area contributed by atoms with E-state index < -0.39 is 0 Å². The van der Waals surface area contributed by atoms with E-state index in [0.717, 1.165) is 17.7 Å². The predicted octanol–water partition coefficient (Wildman–Crippen LogP) is 3.94. The van der Waals surface area contributed by atoms with Crippen LogP contribution in [0.5, 0.6) is 5.75 Å². The number of nitrogens with two attached hydrogens (primary N) is 1. The SMILES string of the molecule is CCOc1ccc(C)cc1C(N)Cc1ccccc1C. The fourth-order valence-electron chi connectivity index (χ4n) is 2.43. The van der Waals surface area contributed by atoms with Gasteiger partial charge in [0.2, 0.25) is 0 Å². The second-order valence-corrected chi connectivity index (χ2v) is 5.21. The molecular weight excluding hydrogens is 246 g/mol. The quantitative estimate of drug-likeness (QED) is 0.892. The molecule has 106 valence electrons. The number of benzene rings is 2. The zero-order chi connectivity index (χ0) is 14.5. The van der Waals surface area contributed by atoms with Crippen molar-refractivity contribution in [3.05, 3.63) is 64.7 Å². The highest BCUT2D eigenvalue weighted by Gasteiger charge is 2.14. The lowest BCUT2D eigenvalue weighted by Crippen LogP contribution is -2.15. The van der Waals surface area contributed by atoms with Gasteiger partial charge >= 0.3 is 0 Å². The second-order valence-electron chi connectivity index (χ2n) is 5.21. The molecule has 0 bridgehead atoms. The summed E-state index contributed by atoms with van der Waals surface area (Å²) in [5.41, 5.74) is 11.3. The largest absolute Gasteiger partial charge is 0.494 e. The number of rotatable bonds is 5. The lowest BCUT2D eigenvalue weighted by molar-refractivity contribution is 0.334. The van der Waals surface area contributed by atoms with E-state index in [1.54, 1.807) is 0 Å². The summed E-state index contributed by atoms with van der Waals surface area (Å²) < 4.78 is 5.70. The van der Waals surface area contributed by atoms with Crippen molar-refractivity contribution in [3.8, 4) is 5.75 Å². The molecule has 2 nitrogen and oxygen atoms in total. The average Bonchev–Trinajstić information content (AvgIpc) is 2.43. The summed E-state index contributed by atoms with van der Waals surface area (Å²) in [5.74, 6) is 0.902. The fraction of sp³-hybridized carbons (Fsp3) is 0.333. The first-order valence-electron chi connectivity index (χ1n) is 7.15. The Bertz CT molecular complexity index is 577. The zero-order valence-corrected chi connectivity index (χ0v) is 12.5. The molecule has 0 radical (unpaired) electrons. The van der Waals surface area contributed by atoms with Crippen molar-refractivity contribution < 1.29 is 4.74 Å². The van der Waals surface area contributed by atoms with E-state index >= 15 is 0 Å². The maximum absolute atomic E-state index is 6.42. The Balaban J connectivity index is 2.26. The molecule has 0 amide bonds. The van der Waals surface area contributed by atoms with Crippen molar-refractivity contribution in [1.29, 1.82) is 0 Å². The molecule has 0 aliphatic heterocycles. The van der Waals surface area contributed by atoms with Gasteiger partial charge in [-0.15, -0.1) is 0 Å². The molecule has 0 fully saturated rings. The summed E-state index contributed by atoms with van der Waals surface area (Å²) in [6.07, 6.45) is 0.830. The van der Waals surface area contributed by atoms with Gasteiger partial charge in [-0.05, 0) is 44.4 Å². The van der Waals surface area contributed by atoms with Crippen LogP contribution in [0.4, 0.5) is 0 Å². The molecule has 1 unspecified atom stereocenters. The molecular formula is C18H23NO. The minimum Gasteiger partial charge on any atom is -0.494 e. The lowest BCUT2D eigenvalue weighted by atomic mass is 9.95. The van der Waals surface area contributed by atoms with Crippen LogP contribution in [0.25, 0.3) is 0 Å². The molecule has 2 heteroatoms. The molecule has 0 heterocycles. The van der Waals surface area contributed by atoms with Crippen LogP contribution < -0.4 is 10.5 Å². The van der Waals surface area contributed by atoms with Crippen molar-refractivity contribution in [2.45, 2.75) is 33.2 Å². The second kappa shape index (κ2) is 6.58. The Morgan fingerprint density at radius 2 is 1.85 bits per heavy atom. The third-order valence-electron chi connectivity index (χ3n) is 3.57. The molecule has 1 atom stereocenters. The van der Waals surface area contributed by atoms with Crippen LogP contribution in [0.1, 0.15) is 35.2 Å². The molecule has 2 aromatic carbocycles. The van der Waals surface area contributed by atoms with Gasteiger partial charge in [0.25, 0.3) is 0 Å². The van der Waals surface area contributed by atoms with Gasteiger partial charge in [0, 0.05) is 11.6 Å². The number of ether oxygens (including phenoxy) is 1. The van der Waals surface area contributed by atoms with Gasteiger partial charge in [-0.3, -0.25) is 0 Å². The van der Waals surface area contributed by atoms with Gasteiger partial charge in [-0.1, -0.05) is 42.0 Å². The van der Waals surface area contributed by atoms with Crippen LogP contribution in [0.15, 0.2) is 42.5 Å². The van der Waals surface area contributed by atoms with Gasteiger partial charge in [0.05, 0.1) is 6.61 Å². The molecule has 0 aliphatic rings. The smallest absolute Gasteiger partial charge is 0.124 e. The van der Waals surface area contributed by atoms with Gasteiger partial charge < -0.3 is 10.5 Å². The first kappa shape index (κ1) is 14.6. The minimum atomic E-state index is -0.0439. The number of aryl methyl sites for hydroxylation is 2. The number of hydrogen-bond acceptors (Lipinski definition) is 2. The molecule has 0 aliphatic carbocycles. The molecule has 20 heavy (non-hydrogen) atoms. The highest BCUT2D eigenvalue weighted by molar-refractivity contribution is 5.40. The summed E-state index contributed by atoms with van der Waals surface area (Å²) in [4.78, 5) is 0. The van der Waals surface area contributed by atoms with E-state index in [4.69, 9.17) is 10.5 Å². The molecule has 0 saturated heterocycles. The summed E-state index contributed by atoms with van der Waals surface area (Å²) in [7, 11) is 0. The Hall–Kier alpha value is -1.80. The highest BCUT2D eigenvalue weighted by Crippen LogP contribution is 2.28. The van der Waals surface area contributed by atoms with Gasteiger partial charge in [0.15, 0.2) is 0 Å². The third-order valence-corrected chi connectivity index (χ3v) is 3.57. The van der Waals surface area contributed by atoms with E-state index in [1.165, 1.54) is 16.7 Å². The Labute approximate surface area is 121 Å².